The molecule has 18 heavy (non-hydrogen) atoms. The first kappa shape index (κ1) is 11.6. The monoisotopic (exact) mass is 243 g/mol. The lowest BCUT2D eigenvalue weighted by Gasteiger charge is -2.22. The molecule has 1 heterocycles. The summed E-state index contributed by atoms with van der Waals surface area (Å²) < 4.78 is 2.37. The number of nitrogens with zero attached hydrogens (tertiary/aromatic N) is 2. The molecule has 0 spiro atoms. The standard InChI is InChI=1S/C15H21N3/c1-11-17-14-9-13(16)7-8-15(14)18(11)10-12-5-3-2-4-6-12/h7-9,12H,2-6,10,16H2,1H3. The zero-order valence-corrected chi connectivity index (χ0v) is 11.0. The van der Waals surface area contributed by atoms with Crippen molar-refractivity contribution in [3.8, 4) is 0 Å². The number of hydrogen-bond acceptors (Lipinski definition) is 2. The minimum Gasteiger partial charge on any atom is -0.399 e. The Morgan fingerprint density at radius 3 is 2.83 bits per heavy atom. The van der Waals surface area contributed by atoms with Gasteiger partial charge in [0.2, 0.25) is 0 Å². The average Bonchev–Trinajstić information content (AvgIpc) is 2.66. The Bertz CT molecular complexity index is 550. The van der Waals surface area contributed by atoms with Crippen molar-refractivity contribution in [2.24, 2.45) is 5.92 Å². The van der Waals surface area contributed by atoms with Crippen molar-refractivity contribution in [3.63, 3.8) is 0 Å². The van der Waals surface area contributed by atoms with Crippen LogP contribution in [-0.4, -0.2) is 9.55 Å². The van der Waals surface area contributed by atoms with E-state index < -0.39 is 0 Å². The predicted octanol–water partition coefficient (Wildman–Crippen LogP) is 3.51. The molecule has 1 fully saturated rings. The van der Waals surface area contributed by atoms with Crippen LogP contribution >= 0.6 is 0 Å². The molecule has 0 saturated heterocycles. The molecule has 1 aromatic heterocycles. The molecule has 1 saturated carbocycles. The lowest BCUT2D eigenvalue weighted by Crippen LogP contribution is -2.14. The second-order valence-electron chi connectivity index (χ2n) is 5.52. The molecule has 0 amide bonds. The molecule has 0 aliphatic heterocycles. The fourth-order valence-corrected chi connectivity index (χ4v) is 3.13. The molecule has 0 radical (unpaired) electrons. The number of benzene rings is 1. The topological polar surface area (TPSA) is 43.8 Å². The van der Waals surface area contributed by atoms with E-state index in [-0.39, 0.29) is 0 Å². The molecule has 96 valence electrons. The Hall–Kier alpha value is -1.51. The van der Waals surface area contributed by atoms with Crippen LogP contribution in [0.1, 0.15) is 37.9 Å². The van der Waals surface area contributed by atoms with Crippen molar-refractivity contribution in [2.75, 3.05) is 5.73 Å². The summed E-state index contributed by atoms with van der Waals surface area (Å²) in [6, 6.07) is 6.05. The van der Waals surface area contributed by atoms with Crippen LogP contribution in [0.2, 0.25) is 0 Å². The van der Waals surface area contributed by atoms with Crippen molar-refractivity contribution >= 4 is 16.7 Å². The summed E-state index contributed by atoms with van der Waals surface area (Å²) in [6.45, 7) is 3.21. The Morgan fingerprint density at radius 2 is 2.06 bits per heavy atom. The maximum atomic E-state index is 5.82. The second-order valence-corrected chi connectivity index (χ2v) is 5.52. The van der Waals surface area contributed by atoms with E-state index >= 15 is 0 Å². The smallest absolute Gasteiger partial charge is 0.106 e. The number of nitrogen functional groups attached to an aromatic ring is 1. The summed E-state index contributed by atoms with van der Waals surface area (Å²) in [7, 11) is 0. The van der Waals surface area contributed by atoms with Crippen LogP contribution in [0.15, 0.2) is 18.2 Å². The maximum Gasteiger partial charge on any atom is 0.106 e. The highest BCUT2D eigenvalue weighted by atomic mass is 15.1. The first-order valence-corrected chi connectivity index (χ1v) is 6.96. The Balaban J connectivity index is 1.92. The van der Waals surface area contributed by atoms with Crippen LogP contribution in [0.3, 0.4) is 0 Å². The second kappa shape index (κ2) is 4.63. The zero-order valence-electron chi connectivity index (χ0n) is 11.0. The van der Waals surface area contributed by atoms with Gasteiger partial charge in [-0.25, -0.2) is 4.98 Å². The Labute approximate surface area is 108 Å². The normalized spacial score (nSPS) is 17.4. The molecule has 2 N–H and O–H groups in total. The van der Waals surface area contributed by atoms with E-state index in [1.54, 1.807) is 0 Å². The van der Waals surface area contributed by atoms with Crippen LogP contribution < -0.4 is 5.73 Å². The first-order chi connectivity index (χ1) is 8.74. The van der Waals surface area contributed by atoms with Crippen molar-refractivity contribution in [2.45, 2.75) is 45.6 Å². The van der Waals surface area contributed by atoms with Crippen molar-refractivity contribution in [3.05, 3.63) is 24.0 Å². The molecule has 3 nitrogen and oxygen atoms in total. The summed E-state index contributed by atoms with van der Waals surface area (Å²) in [4.78, 5) is 4.62. The minimum atomic E-state index is 0.796. The Kier molecular flexibility index (Phi) is 2.98. The molecule has 0 bridgehead atoms. The van der Waals surface area contributed by atoms with Crippen molar-refractivity contribution < 1.29 is 0 Å². The summed E-state index contributed by atoms with van der Waals surface area (Å²) in [5.74, 6) is 1.94. The van der Waals surface area contributed by atoms with Gasteiger partial charge in [-0.3, -0.25) is 0 Å². The van der Waals surface area contributed by atoms with Crippen molar-refractivity contribution in [1.29, 1.82) is 0 Å². The van der Waals surface area contributed by atoms with E-state index in [0.717, 1.165) is 29.5 Å². The number of anilines is 1. The van der Waals surface area contributed by atoms with Crippen molar-refractivity contribution in [1.82, 2.24) is 9.55 Å². The average molecular weight is 243 g/mol. The van der Waals surface area contributed by atoms with E-state index in [2.05, 4.69) is 22.5 Å². The van der Waals surface area contributed by atoms with Crippen LogP contribution in [0.5, 0.6) is 0 Å². The van der Waals surface area contributed by atoms with E-state index in [1.807, 2.05) is 12.1 Å². The van der Waals surface area contributed by atoms with Gasteiger partial charge in [0.15, 0.2) is 0 Å². The van der Waals surface area contributed by atoms with E-state index in [9.17, 15) is 0 Å². The van der Waals surface area contributed by atoms with Gasteiger partial charge in [0.1, 0.15) is 5.82 Å². The van der Waals surface area contributed by atoms with Crippen LogP contribution in [0, 0.1) is 12.8 Å². The third-order valence-corrected chi connectivity index (χ3v) is 4.13. The molecule has 2 aromatic rings. The zero-order chi connectivity index (χ0) is 12.5. The molecule has 3 heteroatoms. The van der Waals surface area contributed by atoms with Gasteiger partial charge in [0.25, 0.3) is 0 Å². The largest absolute Gasteiger partial charge is 0.399 e. The van der Waals surface area contributed by atoms with Gasteiger partial charge in [-0.15, -0.1) is 0 Å². The molecular weight excluding hydrogens is 222 g/mol. The number of aromatic nitrogens is 2. The minimum absolute atomic E-state index is 0.796. The summed E-state index contributed by atoms with van der Waals surface area (Å²) in [5, 5.41) is 0. The lowest BCUT2D eigenvalue weighted by molar-refractivity contribution is 0.320. The maximum absolute atomic E-state index is 5.82. The summed E-state index contributed by atoms with van der Waals surface area (Å²) in [5.41, 5.74) is 8.87. The van der Waals surface area contributed by atoms with Gasteiger partial charge in [-0.2, -0.15) is 0 Å². The van der Waals surface area contributed by atoms with Gasteiger partial charge in [-0.05, 0) is 43.9 Å². The van der Waals surface area contributed by atoms with Crippen LogP contribution in [-0.2, 0) is 6.54 Å². The highest BCUT2D eigenvalue weighted by molar-refractivity contribution is 5.79. The van der Waals surface area contributed by atoms with E-state index in [0.29, 0.717) is 0 Å². The van der Waals surface area contributed by atoms with E-state index in [1.165, 1.54) is 37.6 Å². The molecule has 1 aliphatic rings. The van der Waals surface area contributed by atoms with Gasteiger partial charge < -0.3 is 10.3 Å². The summed E-state index contributed by atoms with van der Waals surface area (Å²) >= 11 is 0. The molecule has 0 unspecified atom stereocenters. The number of nitrogens with two attached hydrogens (primary N) is 1. The van der Waals surface area contributed by atoms with Crippen LogP contribution in [0.25, 0.3) is 11.0 Å². The molecule has 1 aromatic carbocycles. The molecular formula is C15H21N3. The highest BCUT2D eigenvalue weighted by Gasteiger charge is 2.16. The SMILES string of the molecule is Cc1nc2cc(N)ccc2n1CC1CCCCC1. The van der Waals surface area contributed by atoms with E-state index in [4.69, 9.17) is 5.73 Å². The number of rotatable bonds is 2. The van der Waals surface area contributed by atoms with Gasteiger partial charge in [0, 0.05) is 12.2 Å². The quantitative estimate of drug-likeness (QED) is 0.820. The fraction of sp³-hybridized carbons (Fsp3) is 0.533. The number of imidazole rings is 1. The predicted molar refractivity (Wildman–Crippen MR) is 75.5 cm³/mol. The molecule has 0 atom stereocenters. The number of fused-ring (bicyclic) bond motifs is 1. The third-order valence-electron chi connectivity index (χ3n) is 4.13. The first-order valence-electron chi connectivity index (χ1n) is 6.96. The number of aryl methyl sites for hydroxylation is 1. The molecule has 3 rings (SSSR count). The van der Waals surface area contributed by atoms with Gasteiger partial charge in [0.05, 0.1) is 11.0 Å². The Morgan fingerprint density at radius 1 is 1.28 bits per heavy atom. The fourth-order valence-electron chi connectivity index (χ4n) is 3.13. The highest BCUT2D eigenvalue weighted by Crippen LogP contribution is 2.27. The van der Waals surface area contributed by atoms with Crippen LogP contribution in [0.4, 0.5) is 5.69 Å². The summed E-state index contributed by atoms with van der Waals surface area (Å²) in [6.07, 6.45) is 6.94. The third kappa shape index (κ3) is 2.09. The lowest BCUT2D eigenvalue weighted by atomic mass is 9.89. The van der Waals surface area contributed by atoms with Gasteiger partial charge >= 0.3 is 0 Å². The van der Waals surface area contributed by atoms with Gasteiger partial charge in [-0.1, -0.05) is 19.3 Å². The molecule has 1 aliphatic carbocycles. The number of hydrogen-bond donors (Lipinski definition) is 1.